The second-order valence-electron chi connectivity index (χ2n) is 5.93. The first kappa shape index (κ1) is 18.8. The third-order valence-corrected chi connectivity index (χ3v) is 5.09. The summed E-state index contributed by atoms with van der Waals surface area (Å²) in [4.78, 5) is 29.2. The molecule has 1 aromatic carbocycles. The smallest absolute Gasteiger partial charge is 0.344 e. The average Bonchev–Trinajstić information content (AvgIpc) is 3.14. The van der Waals surface area contributed by atoms with Crippen molar-refractivity contribution in [1.29, 1.82) is 0 Å². The number of thiazole rings is 1. The van der Waals surface area contributed by atoms with Crippen LogP contribution in [0.2, 0.25) is 0 Å². The van der Waals surface area contributed by atoms with Crippen molar-refractivity contribution in [3.05, 3.63) is 62.5 Å². The highest BCUT2D eigenvalue weighted by atomic mass is 32.1. The first-order valence-corrected chi connectivity index (χ1v) is 9.09. The zero-order chi connectivity index (χ0) is 19.6. The van der Waals surface area contributed by atoms with Crippen LogP contribution in [0.5, 0.6) is 5.75 Å². The van der Waals surface area contributed by atoms with Crippen LogP contribution in [0.25, 0.3) is 10.6 Å². The molecule has 0 unspecified atom stereocenters. The molecule has 0 atom stereocenters. The number of carbonyl (C=O) groups is 1. The van der Waals surface area contributed by atoms with Crippen LogP contribution < -0.4 is 10.3 Å². The van der Waals surface area contributed by atoms with E-state index in [0.717, 1.165) is 21.0 Å². The van der Waals surface area contributed by atoms with E-state index in [-0.39, 0.29) is 12.2 Å². The number of hydrogen-bond donors (Lipinski definition) is 0. The number of methoxy groups -OCH3 is 1. The summed E-state index contributed by atoms with van der Waals surface area (Å²) in [6.45, 7) is 3.41. The van der Waals surface area contributed by atoms with Gasteiger partial charge in [-0.15, -0.1) is 11.3 Å². The molecular weight excluding hydrogens is 366 g/mol. The van der Waals surface area contributed by atoms with Crippen molar-refractivity contribution in [1.82, 2.24) is 14.8 Å². The van der Waals surface area contributed by atoms with Crippen molar-refractivity contribution in [2.24, 2.45) is 7.05 Å². The number of hydrogen-bond acceptors (Lipinski definition) is 7. The molecule has 140 valence electrons. The Bertz CT molecular complexity index is 1060. The van der Waals surface area contributed by atoms with Gasteiger partial charge in [-0.05, 0) is 31.5 Å². The van der Waals surface area contributed by atoms with E-state index in [2.05, 4.69) is 10.1 Å². The number of para-hydroxylation sites is 1. The van der Waals surface area contributed by atoms with Gasteiger partial charge >= 0.3 is 5.97 Å². The second kappa shape index (κ2) is 7.71. The maximum Gasteiger partial charge on any atom is 0.344 e. The number of ether oxygens (including phenoxy) is 2. The summed E-state index contributed by atoms with van der Waals surface area (Å²) in [5.41, 5.74) is 2.14. The summed E-state index contributed by atoms with van der Waals surface area (Å²) in [6, 6.07) is 7.57. The Balaban J connectivity index is 1.78. The van der Waals surface area contributed by atoms with Crippen molar-refractivity contribution >= 4 is 17.3 Å². The third-order valence-electron chi connectivity index (χ3n) is 4.17. The van der Waals surface area contributed by atoms with Gasteiger partial charge < -0.3 is 9.47 Å². The van der Waals surface area contributed by atoms with E-state index in [4.69, 9.17) is 9.47 Å². The highest BCUT2D eigenvalue weighted by Crippen LogP contribution is 2.32. The van der Waals surface area contributed by atoms with Crippen molar-refractivity contribution in [2.45, 2.75) is 20.5 Å². The fraction of sp³-hybridized carbons (Fsp3) is 0.263. The van der Waals surface area contributed by atoms with E-state index in [1.165, 1.54) is 18.4 Å². The molecule has 0 bridgehead atoms. The Kier molecular flexibility index (Phi) is 5.36. The van der Waals surface area contributed by atoms with Gasteiger partial charge in [0.05, 0.1) is 24.1 Å². The predicted octanol–water partition coefficient (Wildman–Crippen LogP) is 2.89. The highest BCUT2D eigenvalue weighted by molar-refractivity contribution is 7.13. The van der Waals surface area contributed by atoms with Crippen molar-refractivity contribution in [2.75, 3.05) is 7.11 Å². The quantitative estimate of drug-likeness (QED) is 0.628. The van der Waals surface area contributed by atoms with Gasteiger partial charge in [-0.1, -0.05) is 12.1 Å². The highest BCUT2D eigenvalue weighted by Gasteiger charge is 2.20. The molecule has 0 saturated heterocycles. The Morgan fingerprint density at radius 2 is 2.00 bits per heavy atom. The van der Waals surface area contributed by atoms with E-state index in [1.807, 2.05) is 29.6 Å². The number of rotatable bonds is 5. The van der Waals surface area contributed by atoms with Crippen molar-refractivity contribution in [3.63, 3.8) is 0 Å². The van der Waals surface area contributed by atoms with E-state index >= 15 is 0 Å². The largest absolute Gasteiger partial charge is 0.496 e. The Labute approximate surface area is 160 Å². The van der Waals surface area contributed by atoms with Gasteiger partial charge in [-0.3, -0.25) is 4.79 Å². The SMILES string of the molecule is COc1ccccc1-c1nc(COC(=O)c2c(C)c(C)nn(C)c2=O)cs1. The van der Waals surface area contributed by atoms with Gasteiger partial charge in [0.2, 0.25) is 0 Å². The molecule has 3 aromatic rings. The first-order valence-electron chi connectivity index (χ1n) is 8.21. The number of benzene rings is 1. The molecule has 0 saturated carbocycles. The third kappa shape index (κ3) is 3.75. The molecule has 8 heteroatoms. The minimum absolute atomic E-state index is 0.00480. The zero-order valence-corrected chi connectivity index (χ0v) is 16.3. The molecular formula is C19H19N3O4S. The van der Waals surface area contributed by atoms with Gasteiger partial charge in [-0.2, -0.15) is 5.10 Å². The lowest BCUT2D eigenvalue weighted by atomic mass is 10.1. The molecule has 0 aliphatic carbocycles. The summed E-state index contributed by atoms with van der Waals surface area (Å²) in [5.74, 6) is 0.0484. The normalized spacial score (nSPS) is 10.7. The van der Waals surface area contributed by atoms with Crippen LogP contribution in [0, 0.1) is 13.8 Å². The molecule has 0 spiro atoms. The van der Waals surface area contributed by atoms with E-state index < -0.39 is 11.5 Å². The van der Waals surface area contributed by atoms with Crippen LogP contribution in [-0.4, -0.2) is 27.8 Å². The number of aromatic nitrogens is 3. The first-order chi connectivity index (χ1) is 12.9. The lowest BCUT2D eigenvalue weighted by molar-refractivity contribution is 0.0464. The monoisotopic (exact) mass is 385 g/mol. The van der Waals surface area contributed by atoms with E-state index in [0.29, 0.717) is 17.0 Å². The van der Waals surface area contributed by atoms with Crippen LogP contribution in [0.4, 0.5) is 0 Å². The van der Waals surface area contributed by atoms with Crippen LogP contribution >= 0.6 is 11.3 Å². The number of nitrogens with zero attached hydrogens (tertiary/aromatic N) is 3. The summed E-state index contributed by atoms with van der Waals surface area (Å²) >= 11 is 1.43. The average molecular weight is 385 g/mol. The molecule has 2 heterocycles. The van der Waals surface area contributed by atoms with Gasteiger partial charge in [0.15, 0.2) is 0 Å². The standard InChI is InChI=1S/C19H19N3O4S/c1-11-12(2)21-22(3)18(23)16(11)19(24)26-9-13-10-27-17(20-13)14-7-5-6-8-15(14)25-4/h5-8,10H,9H2,1-4H3. The molecule has 7 nitrogen and oxygen atoms in total. The molecule has 2 aromatic heterocycles. The fourth-order valence-corrected chi connectivity index (χ4v) is 3.45. The summed E-state index contributed by atoms with van der Waals surface area (Å²) in [7, 11) is 3.11. The lowest BCUT2D eigenvalue weighted by Crippen LogP contribution is -2.29. The Hall–Kier alpha value is -3.00. The molecule has 3 rings (SSSR count). The molecule has 0 amide bonds. The molecule has 0 aliphatic rings. The second-order valence-corrected chi connectivity index (χ2v) is 6.79. The molecule has 27 heavy (non-hydrogen) atoms. The van der Waals surface area contributed by atoms with E-state index in [1.54, 1.807) is 21.0 Å². The topological polar surface area (TPSA) is 83.3 Å². The van der Waals surface area contributed by atoms with Crippen molar-refractivity contribution in [3.8, 4) is 16.3 Å². The van der Waals surface area contributed by atoms with Gasteiger partial charge in [-0.25, -0.2) is 14.5 Å². The van der Waals surface area contributed by atoms with Crippen LogP contribution in [0.1, 0.15) is 27.3 Å². The maximum atomic E-state index is 12.4. The Morgan fingerprint density at radius 3 is 2.74 bits per heavy atom. The molecule has 0 radical (unpaired) electrons. The zero-order valence-electron chi connectivity index (χ0n) is 15.5. The number of carbonyl (C=O) groups excluding carboxylic acids is 1. The van der Waals surface area contributed by atoms with Crippen LogP contribution in [0.15, 0.2) is 34.4 Å². The predicted molar refractivity (Wildman–Crippen MR) is 102 cm³/mol. The minimum atomic E-state index is -0.676. The lowest BCUT2D eigenvalue weighted by Gasteiger charge is -2.09. The van der Waals surface area contributed by atoms with Gasteiger partial charge in [0.25, 0.3) is 5.56 Å². The molecule has 0 N–H and O–H groups in total. The Morgan fingerprint density at radius 1 is 1.26 bits per heavy atom. The van der Waals surface area contributed by atoms with Gasteiger partial charge in [0.1, 0.15) is 22.9 Å². The molecule has 0 fully saturated rings. The van der Waals surface area contributed by atoms with Crippen LogP contribution in [0.3, 0.4) is 0 Å². The summed E-state index contributed by atoms with van der Waals surface area (Å²) in [5, 5.41) is 6.65. The molecule has 0 aliphatic heterocycles. The summed E-state index contributed by atoms with van der Waals surface area (Å²) in [6.07, 6.45) is 0. The maximum absolute atomic E-state index is 12.4. The fourth-order valence-electron chi connectivity index (χ4n) is 2.62. The number of esters is 1. The summed E-state index contributed by atoms with van der Waals surface area (Å²) < 4.78 is 11.8. The minimum Gasteiger partial charge on any atom is -0.496 e. The van der Waals surface area contributed by atoms with Crippen molar-refractivity contribution < 1.29 is 14.3 Å². The van der Waals surface area contributed by atoms with Crippen LogP contribution in [-0.2, 0) is 18.4 Å². The number of aryl methyl sites for hydroxylation is 2. The van der Waals surface area contributed by atoms with Gasteiger partial charge in [0, 0.05) is 12.4 Å². The van der Waals surface area contributed by atoms with E-state index in [9.17, 15) is 9.59 Å².